The van der Waals surface area contributed by atoms with Gasteiger partial charge in [-0.3, -0.25) is 0 Å². The van der Waals surface area contributed by atoms with Crippen molar-refractivity contribution < 1.29 is 0 Å². The summed E-state index contributed by atoms with van der Waals surface area (Å²) in [5.74, 6) is 0. The van der Waals surface area contributed by atoms with Crippen molar-refractivity contribution in [2.24, 2.45) is 0 Å². The summed E-state index contributed by atoms with van der Waals surface area (Å²) < 4.78 is 9.74. The second kappa shape index (κ2) is 24.8. The summed E-state index contributed by atoms with van der Waals surface area (Å²) >= 11 is 0. The van der Waals surface area contributed by atoms with E-state index in [2.05, 4.69) is 396 Å². The third-order valence-electron chi connectivity index (χ3n) is 21.7. The largest absolute Gasteiger partial charge is 0.309 e. The molecule has 104 heavy (non-hydrogen) atoms. The minimum Gasteiger partial charge on any atom is -0.309 e. The summed E-state index contributed by atoms with van der Waals surface area (Å²) in [5.41, 5.74) is 33.7. The molecule has 20 aromatic rings. The minimum atomic E-state index is 0.897. The number of benzene rings is 16. The monoisotopic (exact) mass is 1330 g/mol. The third-order valence-corrected chi connectivity index (χ3v) is 21.7. The van der Waals surface area contributed by atoms with Crippen molar-refractivity contribution in [1.29, 1.82) is 0 Å². The molecule has 0 N–H and O–H groups in total. The van der Waals surface area contributed by atoms with E-state index in [1.807, 2.05) is 0 Å². The van der Waals surface area contributed by atoms with Gasteiger partial charge in [0, 0.05) is 65.8 Å². The minimum absolute atomic E-state index is 0.897. The fourth-order valence-corrected chi connectivity index (χ4v) is 16.7. The quantitative estimate of drug-likeness (QED) is 0.110. The fourth-order valence-electron chi connectivity index (χ4n) is 16.7. The summed E-state index contributed by atoms with van der Waals surface area (Å²) in [4.78, 5) is 0. The van der Waals surface area contributed by atoms with E-state index in [4.69, 9.17) is 0 Å². The summed E-state index contributed by atoms with van der Waals surface area (Å²) in [6.07, 6.45) is 1.80. The van der Waals surface area contributed by atoms with Crippen molar-refractivity contribution in [2.45, 2.75) is 26.7 Å². The zero-order valence-electron chi connectivity index (χ0n) is 57.8. The zero-order valence-corrected chi connectivity index (χ0v) is 57.8. The molecule has 490 valence electrons. The van der Waals surface area contributed by atoms with E-state index in [0.29, 0.717) is 0 Å². The first kappa shape index (κ1) is 60.7. The van der Waals surface area contributed by atoms with Gasteiger partial charge < -0.3 is 18.3 Å². The lowest BCUT2D eigenvalue weighted by atomic mass is 9.95. The van der Waals surface area contributed by atoms with Crippen LogP contribution in [0.2, 0.25) is 0 Å². The maximum absolute atomic E-state index is 2.47. The predicted molar refractivity (Wildman–Crippen MR) is 440 cm³/mol. The lowest BCUT2D eigenvalue weighted by molar-refractivity contribution is 0.960. The molecule has 0 aliphatic rings. The Morgan fingerprint density at radius 2 is 0.423 bits per heavy atom. The molecule has 4 aromatic heterocycles. The number of hydrogen-bond acceptors (Lipinski definition) is 0. The first-order valence-corrected chi connectivity index (χ1v) is 36.2. The molecule has 0 amide bonds. The molecule has 0 aliphatic carbocycles. The zero-order chi connectivity index (χ0) is 68.9. The van der Waals surface area contributed by atoms with E-state index >= 15 is 0 Å². The number of fused-ring (bicyclic) bond motifs is 12. The topological polar surface area (TPSA) is 19.7 Å². The van der Waals surface area contributed by atoms with Crippen molar-refractivity contribution in [3.8, 4) is 89.5 Å². The second-order valence-electron chi connectivity index (χ2n) is 28.2. The van der Waals surface area contributed by atoms with Gasteiger partial charge in [0.25, 0.3) is 0 Å². The summed E-state index contributed by atoms with van der Waals surface area (Å²) in [6.45, 7) is 4.45. The van der Waals surface area contributed by atoms with E-state index < -0.39 is 0 Å². The Kier molecular flexibility index (Phi) is 14.5. The molecule has 0 bridgehead atoms. The molecule has 0 fully saturated rings. The summed E-state index contributed by atoms with van der Waals surface area (Å²) in [7, 11) is 0. The second-order valence-corrected chi connectivity index (χ2v) is 28.2. The molecular formula is C100H70N4. The lowest BCUT2D eigenvalue weighted by Gasteiger charge is -2.11. The molecule has 0 saturated carbocycles. The van der Waals surface area contributed by atoms with E-state index in [1.165, 1.54) is 176 Å². The van der Waals surface area contributed by atoms with Crippen molar-refractivity contribution in [2.75, 3.05) is 0 Å². The molecule has 4 heterocycles. The molecule has 0 radical (unpaired) electrons. The molecule has 0 aliphatic heterocycles. The van der Waals surface area contributed by atoms with E-state index in [1.54, 1.807) is 0 Å². The number of aromatic nitrogens is 4. The van der Waals surface area contributed by atoms with Crippen LogP contribution in [0.25, 0.3) is 177 Å². The highest BCUT2D eigenvalue weighted by Crippen LogP contribution is 2.44. The highest BCUT2D eigenvalue weighted by atomic mass is 15.0. The Morgan fingerprint density at radius 1 is 0.163 bits per heavy atom. The van der Waals surface area contributed by atoms with E-state index in [9.17, 15) is 0 Å². The van der Waals surface area contributed by atoms with Crippen LogP contribution in [-0.4, -0.2) is 18.3 Å². The molecule has 0 saturated heterocycles. The van der Waals surface area contributed by atoms with Crippen LogP contribution in [0.5, 0.6) is 0 Å². The normalized spacial score (nSPS) is 11.8. The van der Waals surface area contributed by atoms with Gasteiger partial charge in [-0.15, -0.1) is 0 Å². The molecule has 0 unspecified atom stereocenters. The number of aryl methyl sites for hydroxylation is 4. The van der Waals surface area contributed by atoms with Gasteiger partial charge in [0.05, 0.1) is 44.1 Å². The van der Waals surface area contributed by atoms with Crippen LogP contribution in [0.4, 0.5) is 0 Å². The van der Waals surface area contributed by atoms with E-state index in [-0.39, 0.29) is 0 Å². The van der Waals surface area contributed by atoms with Crippen LogP contribution in [0.1, 0.15) is 22.3 Å². The Balaban J connectivity index is 0.660. The van der Waals surface area contributed by atoms with Gasteiger partial charge >= 0.3 is 0 Å². The first-order valence-electron chi connectivity index (χ1n) is 36.2. The third kappa shape index (κ3) is 10.4. The smallest absolute Gasteiger partial charge is 0.0541 e. The summed E-state index contributed by atoms with van der Waals surface area (Å²) in [6, 6.07) is 135. The molecule has 0 spiro atoms. The number of nitrogens with zero attached hydrogens (tertiary/aromatic N) is 4. The lowest BCUT2D eigenvalue weighted by Crippen LogP contribution is -1.95. The van der Waals surface area contributed by atoms with Crippen LogP contribution in [0.15, 0.2) is 364 Å². The maximum atomic E-state index is 2.47. The Bertz CT molecular complexity index is 6730. The molecule has 4 heteroatoms. The Morgan fingerprint density at radius 3 is 0.798 bits per heavy atom. The van der Waals surface area contributed by atoms with Crippen LogP contribution < -0.4 is 0 Å². The highest BCUT2D eigenvalue weighted by molar-refractivity contribution is 6.16. The fraction of sp³-hybridized carbons (Fsp3) is 0.0400. The molecule has 4 nitrogen and oxygen atoms in total. The molecule has 0 atom stereocenters. The maximum Gasteiger partial charge on any atom is 0.0541 e. The Labute approximate surface area is 604 Å². The standard InChI is InChI=1S/C100H70N4/c1-65-28-46-93-85(56-65)87-60-75(37-49-95(87)101(93)81-24-14-6-15-25-81)77-39-52-99-91(63-77)92-64-79(41-53-100(92)104(99)84-44-34-73(35-45-84)70-20-10-4-11-21-70)80-55-66(2)54-68(57-80)30-29-67-31-47-94-86(58-67)88-61-76(38-50-96(88)102(94)82-26-16-7-17-27-82)78-40-51-98-90(62-78)89-59-74(71-22-12-5-13-23-71)36-48-97(89)103(98)83-42-32-72(33-43-83)69-18-8-3-9-19-69/h3-28,31-64H,29-30H2,1-2H3. The number of rotatable bonds is 13. The van der Waals surface area contributed by atoms with Gasteiger partial charge in [-0.25, -0.2) is 0 Å². The van der Waals surface area contributed by atoms with Crippen molar-refractivity contribution in [3.63, 3.8) is 0 Å². The first-order chi connectivity index (χ1) is 51.3. The summed E-state index contributed by atoms with van der Waals surface area (Å²) in [5, 5.41) is 9.92. The average Bonchev–Trinajstić information content (AvgIpc) is 1.59. The highest BCUT2D eigenvalue weighted by Gasteiger charge is 2.22. The number of para-hydroxylation sites is 2. The van der Waals surface area contributed by atoms with Crippen molar-refractivity contribution in [3.05, 3.63) is 386 Å². The van der Waals surface area contributed by atoms with Crippen LogP contribution in [0, 0.1) is 13.8 Å². The van der Waals surface area contributed by atoms with Crippen LogP contribution >= 0.6 is 0 Å². The van der Waals surface area contributed by atoms with Crippen molar-refractivity contribution >= 4 is 87.2 Å². The van der Waals surface area contributed by atoms with Crippen molar-refractivity contribution in [1.82, 2.24) is 18.3 Å². The van der Waals surface area contributed by atoms with Gasteiger partial charge in [0.15, 0.2) is 0 Å². The van der Waals surface area contributed by atoms with Gasteiger partial charge in [-0.05, 0) is 250 Å². The molecule has 16 aromatic carbocycles. The van der Waals surface area contributed by atoms with Crippen LogP contribution in [-0.2, 0) is 12.8 Å². The van der Waals surface area contributed by atoms with Gasteiger partial charge in [0.1, 0.15) is 0 Å². The average molecular weight is 1330 g/mol. The SMILES string of the molecule is Cc1cc(CCc2ccc3c(c2)c2cc(-c4ccc5c(c4)c4cc(-c6ccccc6)ccc4n5-c4ccc(-c5ccccc5)cc4)ccc2n3-c2ccccc2)cc(-c2ccc3c(c2)c2cc(-c4ccc5c(c4)c4cc(C)ccc4n5-c4ccccc4)ccc2n3-c2ccc(-c3ccccc3)cc2)c1. The van der Waals surface area contributed by atoms with Gasteiger partial charge in [-0.1, -0.05) is 230 Å². The van der Waals surface area contributed by atoms with Gasteiger partial charge in [0.2, 0.25) is 0 Å². The van der Waals surface area contributed by atoms with Gasteiger partial charge in [-0.2, -0.15) is 0 Å². The Hall–Kier alpha value is -13.3. The predicted octanol–water partition coefficient (Wildman–Crippen LogP) is 26.5. The van der Waals surface area contributed by atoms with E-state index in [0.717, 1.165) is 35.6 Å². The molecular weight excluding hydrogens is 1260 g/mol. The van der Waals surface area contributed by atoms with Crippen LogP contribution in [0.3, 0.4) is 0 Å². The molecule has 20 rings (SSSR count). The number of hydrogen-bond donors (Lipinski definition) is 0.